The van der Waals surface area contributed by atoms with Gasteiger partial charge in [-0.1, -0.05) is 166 Å². The summed E-state index contributed by atoms with van der Waals surface area (Å²) in [6, 6.07) is 77.6. The molecule has 10 aromatic carbocycles. The number of nitrogens with zero attached hydrogens (tertiary/aromatic N) is 1. The molecule has 1 heterocycles. The van der Waals surface area contributed by atoms with Crippen LogP contribution in [-0.4, -0.2) is 0 Å². The van der Waals surface area contributed by atoms with Crippen molar-refractivity contribution in [1.29, 1.82) is 0 Å². The highest BCUT2D eigenvalue weighted by atomic mass is 16.3. The molecular formula is C59H41NO. The molecule has 0 saturated carbocycles. The van der Waals surface area contributed by atoms with Gasteiger partial charge >= 0.3 is 0 Å². The summed E-state index contributed by atoms with van der Waals surface area (Å²) < 4.78 is 6.46. The lowest BCUT2D eigenvalue weighted by atomic mass is 9.81. The maximum atomic E-state index is 6.46. The van der Waals surface area contributed by atoms with Crippen LogP contribution in [0.5, 0.6) is 0 Å². The van der Waals surface area contributed by atoms with Gasteiger partial charge in [0, 0.05) is 33.1 Å². The number of rotatable bonds is 6. The van der Waals surface area contributed by atoms with Crippen LogP contribution in [0.15, 0.2) is 217 Å². The van der Waals surface area contributed by atoms with Gasteiger partial charge in [0.15, 0.2) is 0 Å². The summed E-state index contributed by atoms with van der Waals surface area (Å²) >= 11 is 0. The summed E-state index contributed by atoms with van der Waals surface area (Å²) in [6.45, 7) is 4.70. The van der Waals surface area contributed by atoms with Crippen LogP contribution in [0.2, 0.25) is 0 Å². The second kappa shape index (κ2) is 13.7. The first kappa shape index (κ1) is 35.3. The molecule has 2 nitrogen and oxygen atoms in total. The highest BCUT2D eigenvalue weighted by Crippen LogP contribution is 2.51. The van der Waals surface area contributed by atoms with Gasteiger partial charge in [0.05, 0.1) is 5.69 Å². The summed E-state index contributed by atoms with van der Waals surface area (Å²) in [7, 11) is 0. The molecule has 12 rings (SSSR count). The Balaban J connectivity index is 1.05. The summed E-state index contributed by atoms with van der Waals surface area (Å²) in [4.78, 5) is 2.44. The molecule has 0 spiro atoms. The zero-order valence-electron chi connectivity index (χ0n) is 34.1. The molecule has 0 aliphatic heterocycles. The summed E-state index contributed by atoms with van der Waals surface area (Å²) in [6.07, 6.45) is 0. The number of anilines is 3. The summed E-state index contributed by atoms with van der Waals surface area (Å²) in [5.41, 5.74) is 17.4. The monoisotopic (exact) mass is 779 g/mol. The molecule has 0 radical (unpaired) electrons. The van der Waals surface area contributed by atoms with Crippen LogP contribution < -0.4 is 4.90 Å². The quantitative estimate of drug-likeness (QED) is 0.167. The van der Waals surface area contributed by atoms with Crippen molar-refractivity contribution in [3.05, 3.63) is 223 Å². The van der Waals surface area contributed by atoms with Gasteiger partial charge in [-0.2, -0.15) is 0 Å². The van der Waals surface area contributed by atoms with E-state index >= 15 is 0 Å². The first-order valence-corrected chi connectivity index (χ1v) is 21.2. The van der Waals surface area contributed by atoms with Gasteiger partial charge in [-0.05, 0) is 132 Å². The third-order valence-corrected chi connectivity index (χ3v) is 13.0. The van der Waals surface area contributed by atoms with Crippen molar-refractivity contribution >= 4 is 60.5 Å². The van der Waals surface area contributed by atoms with E-state index in [2.05, 4.69) is 219 Å². The van der Waals surface area contributed by atoms with E-state index in [9.17, 15) is 0 Å². The van der Waals surface area contributed by atoms with Gasteiger partial charge < -0.3 is 9.32 Å². The van der Waals surface area contributed by atoms with Crippen molar-refractivity contribution in [2.75, 3.05) is 4.90 Å². The Morgan fingerprint density at radius 1 is 0.361 bits per heavy atom. The minimum absolute atomic E-state index is 0.0616. The van der Waals surface area contributed by atoms with E-state index in [4.69, 9.17) is 4.42 Å². The van der Waals surface area contributed by atoms with Crippen molar-refractivity contribution in [1.82, 2.24) is 0 Å². The summed E-state index contributed by atoms with van der Waals surface area (Å²) in [5, 5.41) is 7.09. The molecule has 288 valence electrons. The Labute approximate surface area is 355 Å². The van der Waals surface area contributed by atoms with Crippen LogP contribution in [-0.2, 0) is 5.41 Å². The topological polar surface area (TPSA) is 16.4 Å². The molecule has 11 aromatic rings. The second-order valence-corrected chi connectivity index (χ2v) is 16.9. The van der Waals surface area contributed by atoms with Gasteiger partial charge in [0.25, 0.3) is 0 Å². The fourth-order valence-electron chi connectivity index (χ4n) is 9.94. The largest absolute Gasteiger partial charge is 0.456 e. The molecule has 2 heteroatoms. The average Bonchev–Trinajstić information content (AvgIpc) is 3.80. The van der Waals surface area contributed by atoms with E-state index in [1.165, 1.54) is 54.9 Å². The third kappa shape index (κ3) is 5.71. The van der Waals surface area contributed by atoms with Gasteiger partial charge in [-0.25, -0.2) is 0 Å². The van der Waals surface area contributed by atoms with Gasteiger partial charge in [-0.15, -0.1) is 0 Å². The van der Waals surface area contributed by atoms with Gasteiger partial charge in [-0.3, -0.25) is 0 Å². The minimum Gasteiger partial charge on any atom is -0.456 e. The highest BCUT2D eigenvalue weighted by Gasteiger charge is 2.35. The Bertz CT molecular complexity index is 3520. The van der Waals surface area contributed by atoms with E-state index in [1.54, 1.807) is 0 Å². The minimum atomic E-state index is -0.0616. The van der Waals surface area contributed by atoms with Crippen molar-refractivity contribution in [3.63, 3.8) is 0 Å². The molecule has 0 atom stereocenters. The van der Waals surface area contributed by atoms with E-state index in [0.29, 0.717) is 0 Å². The Kier molecular flexibility index (Phi) is 7.92. The lowest BCUT2D eigenvalue weighted by Gasteiger charge is -2.30. The van der Waals surface area contributed by atoms with Crippen molar-refractivity contribution < 1.29 is 4.42 Å². The molecule has 0 bridgehead atoms. The van der Waals surface area contributed by atoms with Crippen molar-refractivity contribution in [2.24, 2.45) is 0 Å². The molecule has 0 amide bonds. The van der Waals surface area contributed by atoms with Crippen LogP contribution in [0, 0.1) is 0 Å². The SMILES string of the molecule is CC1(C)c2ccccc2-c2ccc(-c3ccc(N(c4ccc5ccccc5c4)c4cccc(-c5ccc6c(c5)oc5ccccc56)c4-c4ccc5ccccc5c4)cc3)cc21. The maximum absolute atomic E-state index is 6.46. The first-order valence-electron chi connectivity index (χ1n) is 21.2. The number of benzene rings is 10. The lowest BCUT2D eigenvalue weighted by Crippen LogP contribution is -2.14. The molecule has 0 unspecified atom stereocenters. The van der Waals surface area contributed by atoms with E-state index in [-0.39, 0.29) is 5.41 Å². The van der Waals surface area contributed by atoms with Gasteiger partial charge in [0.2, 0.25) is 0 Å². The smallest absolute Gasteiger partial charge is 0.136 e. The zero-order valence-corrected chi connectivity index (χ0v) is 34.1. The van der Waals surface area contributed by atoms with Crippen LogP contribution in [0.4, 0.5) is 17.1 Å². The Hall–Kier alpha value is -7.68. The van der Waals surface area contributed by atoms with E-state index in [1.807, 2.05) is 12.1 Å². The third-order valence-electron chi connectivity index (χ3n) is 13.0. The lowest BCUT2D eigenvalue weighted by molar-refractivity contribution is 0.660. The fourth-order valence-corrected chi connectivity index (χ4v) is 9.94. The molecular weight excluding hydrogens is 739 g/mol. The predicted molar refractivity (Wildman–Crippen MR) is 257 cm³/mol. The average molecular weight is 780 g/mol. The number of hydrogen-bond acceptors (Lipinski definition) is 2. The van der Waals surface area contributed by atoms with Crippen LogP contribution in [0.1, 0.15) is 25.0 Å². The standard InChI is InChI=1S/C59H41NO/c1-59(2)53-19-9-7-16-49(53)50-32-27-43(36-54(50)59)40-24-29-46(30-25-40)60(47-31-26-39-13-4-6-15-42(39)35-47)55-20-11-18-48(58(55)45-23-22-38-12-3-5-14-41(38)34-45)44-28-33-52-51-17-8-10-21-56(51)61-57(52)37-44/h3-37H,1-2H3. The number of hydrogen-bond donors (Lipinski definition) is 0. The van der Waals surface area contributed by atoms with Gasteiger partial charge in [0.1, 0.15) is 11.2 Å². The predicted octanol–water partition coefficient (Wildman–Crippen LogP) is 16.7. The van der Waals surface area contributed by atoms with Crippen LogP contribution in [0.25, 0.3) is 88.0 Å². The Morgan fingerprint density at radius 3 is 1.80 bits per heavy atom. The number of furan rings is 1. The van der Waals surface area contributed by atoms with Crippen LogP contribution in [0.3, 0.4) is 0 Å². The zero-order chi connectivity index (χ0) is 40.7. The highest BCUT2D eigenvalue weighted by molar-refractivity contribution is 6.07. The molecule has 1 aromatic heterocycles. The van der Waals surface area contributed by atoms with Crippen LogP contribution >= 0.6 is 0 Å². The maximum Gasteiger partial charge on any atom is 0.136 e. The first-order chi connectivity index (χ1) is 30.0. The van der Waals surface area contributed by atoms with E-state index < -0.39 is 0 Å². The molecule has 1 aliphatic rings. The molecule has 0 saturated heterocycles. The van der Waals surface area contributed by atoms with E-state index in [0.717, 1.165) is 61.3 Å². The molecule has 61 heavy (non-hydrogen) atoms. The number of para-hydroxylation sites is 1. The molecule has 0 N–H and O–H groups in total. The second-order valence-electron chi connectivity index (χ2n) is 16.9. The summed E-state index contributed by atoms with van der Waals surface area (Å²) in [5.74, 6) is 0. The fraction of sp³-hybridized carbons (Fsp3) is 0.0508. The van der Waals surface area contributed by atoms with Crippen molar-refractivity contribution in [3.8, 4) is 44.5 Å². The molecule has 0 fully saturated rings. The number of fused-ring (bicyclic) bond motifs is 8. The Morgan fingerprint density at radius 2 is 0.967 bits per heavy atom. The normalized spacial score (nSPS) is 12.9. The van der Waals surface area contributed by atoms with Crippen molar-refractivity contribution in [2.45, 2.75) is 19.3 Å². The molecule has 1 aliphatic carbocycles.